The van der Waals surface area contributed by atoms with Gasteiger partial charge in [-0.2, -0.15) is 0 Å². The van der Waals surface area contributed by atoms with Crippen LogP contribution in [0.1, 0.15) is 44.1 Å². The van der Waals surface area contributed by atoms with Crippen molar-refractivity contribution in [2.24, 2.45) is 5.41 Å². The first-order chi connectivity index (χ1) is 10.1. The first kappa shape index (κ1) is 14.1. The van der Waals surface area contributed by atoms with Crippen LogP contribution in [0.3, 0.4) is 0 Å². The highest BCUT2D eigenvalue weighted by atomic mass is 16.3. The number of phenols is 1. The van der Waals surface area contributed by atoms with Gasteiger partial charge in [-0.1, -0.05) is 25.0 Å². The molecule has 1 spiro atoms. The summed E-state index contributed by atoms with van der Waals surface area (Å²) in [5.41, 5.74) is 0.998. The Kier molecular flexibility index (Phi) is 3.70. The van der Waals surface area contributed by atoms with E-state index in [1.54, 1.807) is 12.1 Å². The van der Waals surface area contributed by atoms with Crippen molar-refractivity contribution in [3.63, 3.8) is 0 Å². The molecular formula is C17H21NO3. The van der Waals surface area contributed by atoms with Crippen LogP contribution < -0.4 is 0 Å². The molecule has 1 aromatic rings. The van der Waals surface area contributed by atoms with Gasteiger partial charge < -0.3 is 5.11 Å². The highest BCUT2D eigenvalue weighted by Crippen LogP contribution is 2.46. The van der Waals surface area contributed by atoms with E-state index in [0.717, 1.165) is 31.2 Å². The van der Waals surface area contributed by atoms with E-state index in [1.807, 2.05) is 12.1 Å². The number of aromatic hydroxyl groups is 1. The maximum Gasteiger partial charge on any atom is 0.229 e. The molecule has 2 aliphatic rings. The number of nitrogens with zero attached hydrogens (tertiary/aromatic N) is 1. The molecule has 1 heterocycles. The van der Waals surface area contributed by atoms with E-state index in [0.29, 0.717) is 25.8 Å². The van der Waals surface area contributed by atoms with Gasteiger partial charge in [-0.15, -0.1) is 0 Å². The Morgan fingerprint density at radius 3 is 2.14 bits per heavy atom. The summed E-state index contributed by atoms with van der Waals surface area (Å²) in [6.45, 7) is 0.443. The number of benzene rings is 1. The summed E-state index contributed by atoms with van der Waals surface area (Å²) in [5, 5.41) is 9.26. The molecule has 1 saturated heterocycles. The molecule has 112 valence electrons. The Bertz CT molecular complexity index is 524. The lowest BCUT2D eigenvalue weighted by Gasteiger charge is -2.37. The largest absolute Gasteiger partial charge is 0.508 e. The van der Waals surface area contributed by atoms with Gasteiger partial charge >= 0.3 is 0 Å². The van der Waals surface area contributed by atoms with E-state index in [2.05, 4.69) is 0 Å². The summed E-state index contributed by atoms with van der Waals surface area (Å²) < 4.78 is 0. The SMILES string of the molecule is O=C1CC2(CCCC2)CC(=O)N1CCc1ccc(O)cc1. The van der Waals surface area contributed by atoms with Gasteiger partial charge in [0.1, 0.15) is 5.75 Å². The zero-order valence-electron chi connectivity index (χ0n) is 12.2. The van der Waals surface area contributed by atoms with Gasteiger partial charge in [0, 0.05) is 19.4 Å². The van der Waals surface area contributed by atoms with Crippen LogP contribution in [-0.4, -0.2) is 28.4 Å². The van der Waals surface area contributed by atoms with E-state index in [9.17, 15) is 14.7 Å². The van der Waals surface area contributed by atoms with E-state index in [1.165, 1.54) is 4.90 Å². The number of piperidine rings is 1. The topological polar surface area (TPSA) is 57.6 Å². The Balaban J connectivity index is 1.62. The molecule has 0 atom stereocenters. The van der Waals surface area contributed by atoms with Crippen molar-refractivity contribution in [3.05, 3.63) is 29.8 Å². The van der Waals surface area contributed by atoms with Gasteiger partial charge in [0.05, 0.1) is 0 Å². The Morgan fingerprint density at radius 2 is 1.57 bits per heavy atom. The molecular weight excluding hydrogens is 266 g/mol. The third-order valence-corrected chi connectivity index (χ3v) is 4.88. The van der Waals surface area contributed by atoms with Crippen molar-refractivity contribution in [1.29, 1.82) is 0 Å². The number of carbonyl (C=O) groups is 2. The molecule has 0 unspecified atom stereocenters. The van der Waals surface area contributed by atoms with Crippen molar-refractivity contribution in [2.75, 3.05) is 6.54 Å². The number of hydrogen-bond acceptors (Lipinski definition) is 3. The number of rotatable bonds is 3. The number of phenolic OH excluding ortho intramolecular Hbond substituents is 1. The number of imide groups is 1. The van der Waals surface area contributed by atoms with Crippen LogP contribution in [0.25, 0.3) is 0 Å². The molecule has 3 rings (SSSR count). The van der Waals surface area contributed by atoms with Crippen molar-refractivity contribution < 1.29 is 14.7 Å². The Hall–Kier alpha value is -1.84. The van der Waals surface area contributed by atoms with E-state index >= 15 is 0 Å². The van der Waals surface area contributed by atoms with Gasteiger partial charge in [-0.25, -0.2) is 0 Å². The van der Waals surface area contributed by atoms with Crippen molar-refractivity contribution in [1.82, 2.24) is 4.90 Å². The van der Waals surface area contributed by atoms with Gasteiger partial charge in [0.25, 0.3) is 0 Å². The fourth-order valence-corrected chi connectivity index (χ4v) is 3.67. The monoisotopic (exact) mass is 287 g/mol. The summed E-state index contributed by atoms with van der Waals surface area (Å²) in [6.07, 6.45) is 6.06. The fourth-order valence-electron chi connectivity index (χ4n) is 3.67. The van der Waals surface area contributed by atoms with Crippen LogP contribution in [-0.2, 0) is 16.0 Å². The molecule has 2 fully saturated rings. The van der Waals surface area contributed by atoms with Gasteiger partial charge in [0.15, 0.2) is 0 Å². The number of hydrogen-bond donors (Lipinski definition) is 1. The smallest absolute Gasteiger partial charge is 0.229 e. The molecule has 4 nitrogen and oxygen atoms in total. The van der Waals surface area contributed by atoms with Crippen molar-refractivity contribution in [2.45, 2.75) is 44.9 Å². The lowest BCUT2D eigenvalue weighted by molar-refractivity contribution is -0.153. The lowest BCUT2D eigenvalue weighted by atomic mass is 9.76. The molecule has 4 heteroatoms. The molecule has 21 heavy (non-hydrogen) atoms. The van der Waals surface area contributed by atoms with Gasteiger partial charge in [0.2, 0.25) is 11.8 Å². The van der Waals surface area contributed by atoms with Crippen LogP contribution in [0.4, 0.5) is 0 Å². The predicted molar refractivity (Wildman–Crippen MR) is 78.7 cm³/mol. The third-order valence-electron chi connectivity index (χ3n) is 4.88. The molecule has 1 aliphatic carbocycles. The average molecular weight is 287 g/mol. The van der Waals surface area contributed by atoms with Crippen molar-refractivity contribution in [3.8, 4) is 5.75 Å². The van der Waals surface area contributed by atoms with Crippen LogP contribution >= 0.6 is 0 Å². The van der Waals surface area contributed by atoms with Gasteiger partial charge in [-0.05, 0) is 42.4 Å². The highest BCUT2D eigenvalue weighted by molar-refractivity contribution is 5.98. The fraction of sp³-hybridized carbons (Fsp3) is 0.529. The normalized spacial score (nSPS) is 21.2. The first-order valence-electron chi connectivity index (χ1n) is 7.69. The summed E-state index contributed by atoms with van der Waals surface area (Å²) in [6, 6.07) is 6.91. The van der Waals surface area contributed by atoms with Crippen LogP contribution in [0.5, 0.6) is 5.75 Å². The summed E-state index contributed by atoms with van der Waals surface area (Å²) in [4.78, 5) is 26.0. The quantitative estimate of drug-likeness (QED) is 0.869. The van der Waals surface area contributed by atoms with Crippen LogP contribution in [0, 0.1) is 5.41 Å². The molecule has 0 radical (unpaired) electrons. The maximum atomic E-state index is 12.3. The zero-order valence-corrected chi connectivity index (χ0v) is 12.2. The highest BCUT2D eigenvalue weighted by Gasteiger charge is 2.44. The standard InChI is InChI=1S/C17H21NO3/c19-14-5-3-13(4-6-14)7-10-18-15(20)11-17(12-16(18)21)8-1-2-9-17/h3-6,19H,1-2,7-12H2. The lowest BCUT2D eigenvalue weighted by Crippen LogP contribution is -2.47. The minimum atomic E-state index is -0.0246. The second-order valence-corrected chi connectivity index (χ2v) is 6.42. The minimum absolute atomic E-state index is 0.00747. The molecule has 1 saturated carbocycles. The second kappa shape index (κ2) is 5.51. The Morgan fingerprint density at radius 1 is 1.00 bits per heavy atom. The second-order valence-electron chi connectivity index (χ2n) is 6.42. The van der Waals surface area contributed by atoms with E-state index in [-0.39, 0.29) is 23.0 Å². The number of carbonyl (C=O) groups excluding carboxylic acids is 2. The third kappa shape index (κ3) is 2.94. The molecule has 0 aromatic heterocycles. The number of amides is 2. The van der Waals surface area contributed by atoms with E-state index < -0.39 is 0 Å². The molecule has 1 aliphatic heterocycles. The average Bonchev–Trinajstić information content (AvgIpc) is 2.87. The summed E-state index contributed by atoms with van der Waals surface area (Å²) >= 11 is 0. The van der Waals surface area contributed by atoms with E-state index in [4.69, 9.17) is 0 Å². The minimum Gasteiger partial charge on any atom is -0.508 e. The summed E-state index contributed by atoms with van der Waals surface area (Å²) in [5.74, 6) is 0.214. The summed E-state index contributed by atoms with van der Waals surface area (Å²) in [7, 11) is 0. The first-order valence-corrected chi connectivity index (χ1v) is 7.69. The van der Waals surface area contributed by atoms with Crippen molar-refractivity contribution >= 4 is 11.8 Å². The molecule has 1 N–H and O–H groups in total. The number of likely N-dealkylation sites (tertiary alicyclic amines) is 1. The molecule has 2 amide bonds. The molecule has 0 bridgehead atoms. The molecule has 1 aromatic carbocycles. The van der Waals surface area contributed by atoms with Crippen LogP contribution in [0.15, 0.2) is 24.3 Å². The predicted octanol–water partition coefficient (Wildman–Crippen LogP) is 2.64. The van der Waals surface area contributed by atoms with Gasteiger partial charge in [-0.3, -0.25) is 14.5 Å². The maximum absolute atomic E-state index is 12.3. The van der Waals surface area contributed by atoms with Crippen LogP contribution in [0.2, 0.25) is 0 Å². The Labute approximate surface area is 124 Å². The zero-order chi connectivity index (χ0) is 14.9.